The molecule has 1 rings (SSSR count). The quantitative estimate of drug-likeness (QED) is 0.785. The van der Waals surface area contributed by atoms with Gasteiger partial charge in [0.1, 0.15) is 0 Å². The van der Waals surface area contributed by atoms with Crippen molar-refractivity contribution < 1.29 is 4.74 Å². The Morgan fingerprint density at radius 1 is 1.39 bits per heavy atom. The predicted octanol–water partition coefficient (Wildman–Crippen LogP) is 2.39. The molecule has 0 aliphatic rings. The number of halogens is 1. The molecule has 1 aromatic rings. The van der Waals surface area contributed by atoms with E-state index in [0.717, 1.165) is 35.4 Å². The number of rotatable bonds is 7. The summed E-state index contributed by atoms with van der Waals surface area (Å²) in [6.07, 6.45) is 0.521. The van der Waals surface area contributed by atoms with Gasteiger partial charge in [0.15, 0.2) is 0 Å². The summed E-state index contributed by atoms with van der Waals surface area (Å²) in [5.41, 5.74) is 7.69. The lowest BCUT2D eigenvalue weighted by molar-refractivity contribution is 0.145. The van der Waals surface area contributed by atoms with Gasteiger partial charge in [-0.1, -0.05) is 15.9 Å². The van der Waals surface area contributed by atoms with E-state index in [1.807, 2.05) is 18.2 Å². The van der Waals surface area contributed by atoms with Crippen molar-refractivity contribution in [3.63, 3.8) is 0 Å². The van der Waals surface area contributed by atoms with Crippen LogP contribution in [0.4, 0.5) is 5.69 Å². The molecule has 0 fully saturated rings. The molecule has 0 radical (unpaired) electrons. The van der Waals surface area contributed by atoms with Crippen LogP contribution < -0.4 is 5.73 Å². The smallest absolute Gasteiger partial charge is 0.0635 e. The molecule has 0 spiro atoms. The molecular formula is C13H18BrN3O. The van der Waals surface area contributed by atoms with Gasteiger partial charge >= 0.3 is 0 Å². The molecule has 0 saturated carbocycles. The molecule has 4 nitrogen and oxygen atoms in total. The van der Waals surface area contributed by atoms with E-state index in [0.29, 0.717) is 13.0 Å². The van der Waals surface area contributed by atoms with Gasteiger partial charge in [-0.15, -0.1) is 0 Å². The topological polar surface area (TPSA) is 62.3 Å². The number of anilines is 1. The van der Waals surface area contributed by atoms with E-state index in [1.165, 1.54) is 0 Å². The number of nitrogen functional groups attached to an aromatic ring is 1. The van der Waals surface area contributed by atoms with E-state index in [-0.39, 0.29) is 0 Å². The summed E-state index contributed by atoms with van der Waals surface area (Å²) in [6, 6.07) is 8.04. The Hall–Kier alpha value is -1.09. The van der Waals surface area contributed by atoms with E-state index in [2.05, 4.69) is 26.9 Å². The van der Waals surface area contributed by atoms with Crippen LogP contribution in [0.1, 0.15) is 12.0 Å². The fraction of sp³-hybridized carbons (Fsp3) is 0.462. The SMILES string of the molecule is COCCN(CCC#N)Cc1cc(N)cc(Br)c1. The molecule has 98 valence electrons. The van der Waals surface area contributed by atoms with Gasteiger partial charge in [0, 0.05) is 43.3 Å². The Morgan fingerprint density at radius 3 is 2.78 bits per heavy atom. The number of nitrogens with zero attached hydrogens (tertiary/aromatic N) is 2. The predicted molar refractivity (Wildman–Crippen MR) is 75.9 cm³/mol. The highest BCUT2D eigenvalue weighted by Gasteiger charge is 2.06. The first kappa shape index (κ1) is 15.0. The van der Waals surface area contributed by atoms with Gasteiger partial charge in [-0.25, -0.2) is 0 Å². The van der Waals surface area contributed by atoms with Crippen LogP contribution in [-0.4, -0.2) is 31.7 Å². The number of ether oxygens (including phenoxy) is 1. The number of hydrogen-bond acceptors (Lipinski definition) is 4. The molecule has 0 heterocycles. The van der Waals surface area contributed by atoms with Crippen LogP contribution in [0.2, 0.25) is 0 Å². The highest BCUT2D eigenvalue weighted by atomic mass is 79.9. The molecule has 0 unspecified atom stereocenters. The minimum Gasteiger partial charge on any atom is -0.399 e. The average Bonchev–Trinajstić information content (AvgIpc) is 2.31. The number of nitriles is 1. The summed E-state index contributed by atoms with van der Waals surface area (Å²) in [7, 11) is 1.68. The van der Waals surface area contributed by atoms with Gasteiger partial charge in [0.05, 0.1) is 12.7 Å². The Kier molecular flexibility index (Phi) is 6.73. The summed E-state index contributed by atoms with van der Waals surface area (Å²) in [5, 5.41) is 8.66. The molecule has 2 N–H and O–H groups in total. The molecule has 5 heteroatoms. The Morgan fingerprint density at radius 2 is 2.17 bits per heavy atom. The summed E-state index contributed by atoms with van der Waals surface area (Å²) >= 11 is 3.43. The summed E-state index contributed by atoms with van der Waals surface area (Å²) < 4.78 is 6.06. The third-order valence-electron chi connectivity index (χ3n) is 2.54. The standard InChI is InChI=1S/C13H18BrN3O/c1-18-6-5-17(4-2-3-15)10-11-7-12(14)9-13(16)8-11/h7-9H,2,4-6,10,16H2,1H3. The molecule has 0 atom stereocenters. The van der Waals surface area contributed by atoms with E-state index in [4.69, 9.17) is 15.7 Å². The fourth-order valence-electron chi connectivity index (χ4n) is 1.72. The summed E-state index contributed by atoms with van der Waals surface area (Å²) in [5.74, 6) is 0. The van der Waals surface area contributed by atoms with Crippen LogP contribution in [0.15, 0.2) is 22.7 Å². The normalized spacial score (nSPS) is 10.6. The van der Waals surface area contributed by atoms with Crippen LogP contribution in [0.5, 0.6) is 0 Å². The summed E-state index contributed by atoms with van der Waals surface area (Å²) in [4.78, 5) is 2.19. The van der Waals surface area contributed by atoms with Crippen molar-refractivity contribution in [1.29, 1.82) is 5.26 Å². The molecule has 0 amide bonds. The van der Waals surface area contributed by atoms with E-state index in [1.54, 1.807) is 7.11 Å². The Labute approximate surface area is 116 Å². The molecule has 0 saturated heterocycles. The van der Waals surface area contributed by atoms with Crippen molar-refractivity contribution in [2.75, 3.05) is 32.5 Å². The van der Waals surface area contributed by atoms with Gasteiger partial charge < -0.3 is 10.5 Å². The first-order valence-corrected chi connectivity index (χ1v) is 6.58. The minimum atomic E-state index is 0.521. The van der Waals surface area contributed by atoms with Crippen molar-refractivity contribution in [3.8, 4) is 6.07 Å². The second-order valence-electron chi connectivity index (χ2n) is 4.07. The van der Waals surface area contributed by atoms with Crippen LogP contribution in [0.25, 0.3) is 0 Å². The molecular weight excluding hydrogens is 294 g/mol. The van der Waals surface area contributed by atoms with Crippen LogP contribution in [0, 0.1) is 11.3 Å². The highest BCUT2D eigenvalue weighted by molar-refractivity contribution is 9.10. The third-order valence-corrected chi connectivity index (χ3v) is 3.00. The second kappa shape index (κ2) is 8.09. The van der Waals surface area contributed by atoms with Crippen molar-refractivity contribution in [2.45, 2.75) is 13.0 Å². The monoisotopic (exact) mass is 311 g/mol. The third kappa shape index (κ3) is 5.50. The maximum absolute atomic E-state index is 8.66. The Bertz CT molecular complexity index is 397. The van der Waals surface area contributed by atoms with Gasteiger partial charge in [-0.3, -0.25) is 4.90 Å². The molecule has 0 aromatic heterocycles. The average molecular weight is 312 g/mol. The van der Waals surface area contributed by atoms with E-state index in [9.17, 15) is 0 Å². The molecule has 1 aromatic carbocycles. The van der Waals surface area contributed by atoms with Crippen molar-refractivity contribution in [3.05, 3.63) is 28.2 Å². The minimum absolute atomic E-state index is 0.521. The van der Waals surface area contributed by atoms with E-state index < -0.39 is 0 Å². The zero-order valence-electron chi connectivity index (χ0n) is 10.5. The van der Waals surface area contributed by atoms with Gasteiger partial charge in [-0.2, -0.15) is 5.26 Å². The number of hydrogen-bond donors (Lipinski definition) is 1. The lowest BCUT2D eigenvalue weighted by Gasteiger charge is -2.21. The molecule has 18 heavy (non-hydrogen) atoms. The maximum Gasteiger partial charge on any atom is 0.0635 e. The first-order valence-electron chi connectivity index (χ1n) is 5.79. The highest BCUT2D eigenvalue weighted by Crippen LogP contribution is 2.18. The van der Waals surface area contributed by atoms with Gasteiger partial charge in [0.2, 0.25) is 0 Å². The van der Waals surface area contributed by atoms with Crippen molar-refractivity contribution >= 4 is 21.6 Å². The van der Waals surface area contributed by atoms with Crippen LogP contribution in [-0.2, 0) is 11.3 Å². The van der Waals surface area contributed by atoms with Gasteiger partial charge in [-0.05, 0) is 23.8 Å². The first-order chi connectivity index (χ1) is 8.65. The fourth-order valence-corrected chi connectivity index (χ4v) is 2.28. The van der Waals surface area contributed by atoms with Crippen molar-refractivity contribution in [2.24, 2.45) is 0 Å². The number of methoxy groups -OCH3 is 1. The zero-order chi connectivity index (χ0) is 13.4. The molecule has 0 aliphatic heterocycles. The van der Waals surface area contributed by atoms with Gasteiger partial charge in [0.25, 0.3) is 0 Å². The Balaban J connectivity index is 2.65. The summed E-state index contributed by atoms with van der Waals surface area (Å²) in [6.45, 7) is 2.99. The van der Waals surface area contributed by atoms with E-state index >= 15 is 0 Å². The maximum atomic E-state index is 8.66. The number of benzene rings is 1. The number of nitrogens with two attached hydrogens (primary N) is 1. The largest absolute Gasteiger partial charge is 0.399 e. The lowest BCUT2D eigenvalue weighted by atomic mass is 10.2. The lowest BCUT2D eigenvalue weighted by Crippen LogP contribution is -2.28. The van der Waals surface area contributed by atoms with Crippen LogP contribution >= 0.6 is 15.9 Å². The van der Waals surface area contributed by atoms with Crippen LogP contribution in [0.3, 0.4) is 0 Å². The second-order valence-corrected chi connectivity index (χ2v) is 4.99. The molecule has 0 aliphatic carbocycles. The zero-order valence-corrected chi connectivity index (χ0v) is 12.1. The van der Waals surface area contributed by atoms with Crippen molar-refractivity contribution in [1.82, 2.24) is 4.90 Å². The molecule has 0 bridgehead atoms.